The summed E-state index contributed by atoms with van der Waals surface area (Å²) in [6.07, 6.45) is 1.31. The summed E-state index contributed by atoms with van der Waals surface area (Å²) in [4.78, 5) is 23.3. The van der Waals surface area contributed by atoms with E-state index in [9.17, 15) is 14.9 Å². The molecule has 2 aromatic carbocycles. The monoisotopic (exact) mass is 396 g/mol. The molecular formula is C20H20N4O5. The number of para-hydroxylation sites is 1. The van der Waals surface area contributed by atoms with E-state index in [2.05, 4.69) is 10.5 Å². The number of aromatic nitrogens is 1. The largest absolute Gasteiger partial charge is 0.493 e. The minimum atomic E-state index is -0.557. The minimum Gasteiger partial charge on any atom is -0.493 e. The van der Waals surface area contributed by atoms with Crippen molar-refractivity contribution in [3.05, 3.63) is 63.8 Å². The Kier molecular flexibility index (Phi) is 5.77. The highest BCUT2D eigenvalue weighted by Gasteiger charge is 2.21. The number of carbonyl (C=O) groups is 1. The predicted octanol–water partition coefficient (Wildman–Crippen LogP) is 3.26. The number of methoxy groups -OCH3 is 1. The zero-order chi connectivity index (χ0) is 21.0. The van der Waals surface area contributed by atoms with Gasteiger partial charge in [-0.15, -0.1) is 0 Å². The highest BCUT2D eigenvalue weighted by molar-refractivity contribution is 5.99. The second kappa shape index (κ2) is 8.42. The SMILES string of the molecule is CCOc1c(OC)cc(/C=N/NC(=O)c2cc3ccccc3n2C)cc1[N+](=O)[O-]. The maximum absolute atomic E-state index is 12.5. The Morgan fingerprint density at radius 2 is 2.07 bits per heavy atom. The normalized spacial score (nSPS) is 11.0. The molecular weight excluding hydrogens is 376 g/mol. The van der Waals surface area contributed by atoms with E-state index >= 15 is 0 Å². The van der Waals surface area contributed by atoms with Crippen LogP contribution in [0.15, 0.2) is 47.6 Å². The fourth-order valence-corrected chi connectivity index (χ4v) is 2.99. The van der Waals surface area contributed by atoms with Gasteiger partial charge >= 0.3 is 5.69 Å². The Labute approximate surface area is 166 Å². The molecule has 0 atom stereocenters. The first-order chi connectivity index (χ1) is 14.0. The lowest BCUT2D eigenvalue weighted by Gasteiger charge is -2.10. The fraction of sp³-hybridized carbons (Fsp3) is 0.200. The second-order valence-electron chi connectivity index (χ2n) is 6.11. The Balaban J connectivity index is 1.83. The second-order valence-corrected chi connectivity index (χ2v) is 6.11. The molecule has 0 saturated heterocycles. The van der Waals surface area contributed by atoms with Crippen molar-refractivity contribution in [2.45, 2.75) is 6.92 Å². The van der Waals surface area contributed by atoms with Crippen LogP contribution in [0, 0.1) is 10.1 Å². The van der Waals surface area contributed by atoms with Gasteiger partial charge in [-0.25, -0.2) is 5.43 Å². The number of nitro benzene ring substituents is 1. The Bertz CT molecular complexity index is 1100. The summed E-state index contributed by atoms with van der Waals surface area (Å²) in [6.45, 7) is 1.98. The van der Waals surface area contributed by atoms with Gasteiger partial charge in [-0.05, 0) is 25.1 Å². The molecule has 1 amide bonds. The number of amides is 1. The molecule has 1 heterocycles. The van der Waals surface area contributed by atoms with Crippen molar-refractivity contribution in [3.8, 4) is 11.5 Å². The average molecular weight is 396 g/mol. The number of hydrogen-bond donors (Lipinski definition) is 1. The van der Waals surface area contributed by atoms with Crippen LogP contribution in [0.1, 0.15) is 23.0 Å². The first-order valence-electron chi connectivity index (χ1n) is 8.83. The quantitative estimate of drug-likeness (QED) is 0.375. The van der Waals surface area contributed by atoms with Gasteiger partial charge in [0, 0.05) is 29.6 Å². The van der Waals surface area contributed by atoms with E-state index < -0.39 is 10.8 Å². The number of rotatable bonds is 7. The van der Waals surface area contributed by atoms with Gasteiger partial charge in [0.05, 0.1) is 24.9 Å². The first kappa shape index (κ1) is 19.9. The highest BCUT2D eigenvalue weighted by atomic mass is 16.6. The molecule has 0 radical (unpaired) electrons. The standard InChI is InChI=1S/C20H20N4O5/c1-4-29-19-16(24(26)27)9-13(10-18(19)28-3)12-21-22-20(25)17-11-14-7-5-6-8-15(14)23(17)2/h5-12H,4H2,1-3H3,(H,22,25)/b21-12+. The number of ether oxygens (including phenoxy) is 2. The van der Waals surface area contributed by atoms with Crippen molar-refractivity contribution >= 4 is 28.7 Å². The van der Waals surface area contributed by atoms with Crippen LogP contribution < -0.4 is 14.9 Å². The molecule has 1 aromatic heterocycles. The topological polar surface area (TPSA) is 108 Å². The summed E-state index contributed by atoms with van der Waals surface area (Å²) in [5, 5.41) is 16.2. The van der Waals surface area contributed by atoms with E-state index in [-0.39, 0.29) is 23.8 Å². The molecule has 3 aromatic rings. The molecule has 9 nitrogen and oxygen atoms in total. The van der Waals surface area contributed by atoms with Crippen molar-refractivity contribution in [1.29, 1.82) is 0 Å². The van der Waals surface area contributed by atoms with Gasteiger partial charge in [0.25, 0.3) is 5.91 Å². The maximum Gasteiger partial charge on any atom is 0.315 e. The number of nitrogens with one attached hydrogen (secondary N) is 1. The molecule has 29 heavy (non-hydrogen) atoms. The van der Waals surface area contributed by atoms with Crippen LogP contribution in [0.5, 0.6) is 11.5 Å². The number of carbonyl (C=O) groups excluding carboxylic acids is 1. The summed E-state index contributed by atoms with van der Waals surface area (Å²) in [5.74, 6) is -0.133. The van der Waals surface area contributed by atoms with E-state index in [0.29, 0.717) is 11.3 Å². The number of hydrogen-bond acceptors (Lipinski definition) is 6. The van der Waals surface area contributed by atoms with Crippen LogP contribution in [0.25, 0.3) is 10.9 Å². The van der Waals surface area contributed by atoms with Gasteiger partial charge in [0.2, 0.25) is 5.75 Å². The van der Waals surface area contributed by atoms with E-state index in [1.165, 1.54) is 19.4 Å². The number of benzene rings is 2. The molecule has 9 heteroatoms. The van der Waals surface area contributed by atoms with Gasteiger partial charge in [-0.1, -0.05) is 18.2 Å². The van der Waals surface area contributed by atoms with Gasteiger partial charge in [0.15, 0.2) is 5.75 Å². The lowest BCUT2D eigenvalue weighted by molar-refractivity contribution is -0.385. The number of nitrogens with zero attached hydrogens (tertiary/aromatic N) is 3. The van der Waals surface area contributed by atoms with Crippen LogP contribution in [-0.2, 0) is 7.05 Å². The molecule has 1 N–H and O–H groups in total. The van der Waals surface area contributed by atoms with Crippen molar-refractivity contribution in [2.75, 3.05) is 13.7 Å². The highest BCUT2D eigenvalue weighted by Crippen LogP contribution is 2.37. The number of hydrazone groups is 1. The Morgan fingerprint density at radius 3 is 2.72 bits per heavy atom. The zero-order valence-electron chi connectivity index (χ0n) is 16.2. The molecule has 0 aliphatic rings. The zero-order valence-corrected chi connectivity index (χ0v) is 16.2. The summed E-state index contributed by atoms with van der Waals surface area (Å²) in [7, 11) is 3.19. The van der Waals surface area contributed by atoms with Gasteiger partial charge in [0.1, 0.15) is 5.69 Å². The molecule has 0 bridgehead atoms. The van der Waals surface area contributed by atoms with E-state index in [4.69, 9.17) is 9.47 Å². The molecule has 0 saturated carbocycles. The van der Waals surface area contributed by atoms with E-state index in [1.807, 2.05) is 24.3 Å². The summed E-state index contributed by atoms with van der Waals surface area (Å²) in [5.41, 5.74) is 3.95. The van der Waals surface area contributed by atoms with E-state index in [0.717, 1.165) is 10.9 Å². The third-order valence-corrected chi connectivity index (χ3v) is 4.33. The predicted molar refractivity (Wildman–Crippen MR) is 109 cm³/mol. The van der Waals surface area contributed by atoms with Crippen LogP contribution in [0.4, 0.5) is 5.69 Å². The molecule has 3 rings (SSSR count). The molecule has 0 fully saturated rings. The van der Waals surface area contributed by atoms with Crippen LogP contribution in [0.3, 0.4) is 0 Å². The van der Waals surface area contributed by atoms with E-state index in [1.54, 1.807) is 30.7 Å². The average Bonchev–Trinajstić information content (AvgIpc) is 3.05. The molecule has 0 aliphatic heterocycles. The molecule has 0 aliphatic carbocycles. The Hall–Kier alpha value is -3.88. The number of fused-ring (bicyclic) bond motifs is 1. The third-order valence-electron chi connectivity index (χ3n) is 4.33. The fourth-order valence-electron chi connectivity index (χ4n) is 2.99. The van der Waals surface area contributed by atoms with Crippen LogP contribution in [0.2, 0.25) is 0 Å². The van der Waals surface area contributed by atoms with Crippen molar-refractivity contribution in [1.82, 2.24) is 9.99 Å². The lowest BCUT2D eigenvalue weighted by atomic mass is 10.2. The number of aryl methyl sites for hydroxylation is 1. The molecule has 0 unspecified atom stereocenters. The van der Waals surface area contributed by atoms with Gasteiger partial charge < -0.3 is 14.0 Å². The van der Waals surface area contributed by atoms with Crippen LogP contribution >= 0.6 is 0 Å². The summed E-state index contributed by atoms with van der Waals surface area (Å²) in [6, 6.07) is 12.2. The third kappa shape index (κ3) is 4.03. The van der Waals surface area contributed by atoms with Gasteiger partial charge in [-0.3, -0.25) is 14.9 Å². The van der Waals surface area contributed by atoms with Crippen molar-refractivity contribution in [3.63, 3.8) is 0 Å². The minimum absolute atomic E-state index is 0.0525. The summed E-state index contributed by atoms with van der Waals surface area (Å²) < 4.78 is 12.3. The van der Waals surface area contributed by atoms with Crippen LogP contribution in [-0.4, -0.2) is 35.3 Å². The smallest absolute Gasteiger partial charge is 0.315 e. The van der Waals surface area contributed by atoms with Crippen molar-refractivity contribution in [2.24, 2.45) is 12.1 Å². The van der Waals surface area contributed by atoms with Crippen molar-refractivity contribution < 1.29 is 19.2 Å². The maximum atomic E-state index is 12.5. The lowest BCUT2D eigenvalue weighted by Crippen LogP contribution is -2.20. The van der Waals surface area contributed by atoms with Gasteiger partial charge in [-0.2, -0.15) is 5.10 Å². The Morgan fingerprint density at radius 1 is 1.31 bits per heavy atom. The first-order valence-corrected chi connectivity index (χ1v) is 8.83. The molecule has 150 valence electrons. The molecule has 0 spiro atoms. The number of nitro groups is 1. The summed E-state index contributed by atoms with van der Waals surface area (Å²) >= 11 is 0.